The number of esters is 2. The van der Waals surface area contributed by atoms with Crippen LogP contribution >= 0.6 is 0 Å². The molecule has 3 rings (SSSR count). The number of rotatable bonds is 5. The summed E-state index contributed by atoms with van der Waals surface area (Å²) >= 11 is 0. The predicted octanol–water partition coefficient (Wildman–Crippen LogP) is 3.37. The van der Waals surface area contributed by atoms with Crippen molar-refractivity contribution >= 4 is 18.0 Å². The lowest BCUT2D eigenvalue weighted by Crippen LogP contribution is -2.41. The Kier molecular flexibility index (Phi) is 5.55. The number of carbonyl (C=O) groups is 2. The van der Waals surface area contributed by atoms with Crippen molar-refractivity contribution in [3.05, 3.63) is 64.7 Å². The van der Waals surface area contributed by atoms with Crippen LogP contribution in [-0.4, -0.2) is 24.8 Å². The Hall–Kier alpha value is -3.79. The lowest BCUT2D eigenvalue weighted by atomic mass is 10.1. The summed E-state index contributed by atoms with van der Waals surface area (Å²) in [6.45, 7) is 3.17. The Labute approximate surface area is 168 Å². The van der Waals surface area contributed by atoms with Crippen LogP contribution in [0.25, 0.3) is 6.08 Å². The zero-order valence-corrected chi connectivity index (χ0v) is 16.2. The summed E-state index contributed by atoms with van der Waals surface area (Å²) in [6, 6.07) is 13.9. The minimum atomic E-state index is -1.29. The third-order valence-corrected chi connectivity index (χ3v) is 4.11. The molecule has 7 heteroatoms. The fourth-order valence-corrected chi connectivity index (χ4v) is 2.73. The molecule has 0 spiro atoms. The van der Waals surface area contributed by atoms with Crippen molar-refractivity contribution in [1.82, 2.24) is 0 Å². The smallest absolute Gasteiger partial charge is 0.348 e. The van der Waals surface area contributed by atoms with Gasteiger partial charge in [0.15, 0.2) is 0 Å². The van der Waals surface area contributed by atoms with Gasteiger partial charge in [0, 0.05) is 19.4 Å². The van der Waals surface area contributed by atoms with Crippen molar-refractivity contribution < 1.29 is 28.5 Å². The monoisotopic (exact) mass is 393 g/mol. The van der Waals surface area contributed by atoms with Crippen molar-refractivity contribution in [1.29, 1.82) is 5.26 Å². The van der Waals surface area contributed by atoms with E-state index in [9.17, 15) is 9.59 Å². The molecule has 29 heavy (non-hydrogen) atoms. The van der Waals surface area contributed by atoms with Crippen molar-refractivity contribution in [2.75, 3.05) is 7.11 Å². The number of ether oxygens (including phenoxy) is 4. The SMILES string of the molecule is COc1ccc(C=C2C(=O)OC(C)(C)OC2=O)cc1COc1ccc(C#N)cc1. The molecule has 1 saturated heterocycles. The average molecular weight is 393 g/mol. The van der Waals surface area contributed by atoms with Crippen molar-refractivity contribution in [2.45, 2.75) is 26.2 Å². The molecule has 148 valence electrons. The Morgan fingerprint density at radius 1 is 1.07 bits per heavy atom. The zero-order valence-electron chi connectivity index (χ0n) is 16.2. The van der Waals surface area contributed by atoms with Crippen molar-refractivity contribution in [3.8, 4) is 17.6 Å². The minimum Gasteiger partial charge on any atom is -0.496 e. The predicted molar refractivity (Wildman–Crippen MR) is 103 cm³/mol. The first-order valence-corrected chi connectivity index (χ1v) is 8.79. The molecule has 0 aromatic heterocycles. The van der Waals surface area contributed by atoms with Crippen LogP contribution in [0, 0.1) is 11.3 Å². The summed E-state index contributed by atoms with van der Waals surface area (Å²) in [5, 5.41) is 8.86. The molecule has 1 aliphatic heterocycles. The van der Waals surface area contributed by atoms with Crippen LogP contribution in [0.2, 0.25) is 0 Å². The van der Waals surface area contributed by atoms with Gasteiger partial charge in [-0.15, -0.1) is 0 Å². The lowest BCUT2D eigenvalue weighted by molar-refractivity contribution is -0.222. The minimum absolute atomic E-state index is 0.187. The van der Waals surface area contributed by atoms with Crippen LogP contribution in [0.5, 0.6) is 11.5 Å². The van der Waals surface area contributed by atoms with Crippen LogP contribution < -0.4 is 9.47 Å². The van der Waals surface area contributed by atoms with E-state index in [0.717, 1.165) is 0 Å². The molecule has 0 radical (unpaired) electrons. The molecule has 0 atom stereocenters. The molecule has 1 fully saturated rings. The fourth-order valence-electron chi connectivity index (χ4n) is 2.73. The van der Waals surface area contributed by atoms with Gasteiger partial charge in [-0.2, -0.15) is 5.26 Å². The molecule has 0 amide bonds. The molecule has 1 aliphatic rings. The zero-order chi connectivity index (χ0) is 21.0. The van der Waals surface area contributed by atoms with Gasteiger partial charge in [-0.05, 0) is 48.0 Å². The maximum absolute atomic E-state index is 12.1. The first kappa shape index (κ1) is 20.0. The average Bonchev–Trinajstić information content (AvgIpc) is 2.69. The summed E-state index contributed by atoms with van der Waals surface area (Å²) in [6.07, 6.45) is 1.41. The standard InChI is InChI=1S/C22H19NO6/c1-22(2)28-20(24)18(21(25)29-22)11-15-6-9-19(26-3)16(10-15)13-27-17-7-4-14(12-23)5-8-17/h4-11H,13H2,1-3H3. The Balaban J connectivity index is 1.82. The van der Waals surface area contributed by atoms with Crippen molar-refractivity contribution in [2.24, 2.45) is 0 Å². The molecule has 0 saturated carbocycles. The molecule has 0 aliphatic carbocycles. The third-order valence-electron chi connectivity index (χ3n) is 4.11. The summed E-state index contributed by atoms with van der Waals surface area (Å²) in [7, 11) is 1.54. The molecule has 2 aromatic rings. The molecular formula is C22H19NO6. The van der Waals surface area contributed by atoms with E-state index < -0.39 is 17.7 Å². The number of nitrogens with zero attached hydrogens (tertiary/aromatic N) is 1. The van der Waals surface area contributed by atoms with Crippen LogP contribution in [0.4, 0.5) is 0 Å². The van der Waals surface area contributed by atoms with Gasteiger partial charge < -0.3 is 18.9 Å². The first-order chi connectivity index (χ1) is 13.8. The van der Waals surface area contributed by atoms with Gasteiger partial charge in [-0.25, -0.2) is 9.59 Å². The molecule has 0 bridgehead atoms. The van der Waals surface area contributed by atoms with Gasteiger partial charge in [0.2, 0.25) is 0 Å². The van der Waals surface area contributed by atoms with Gasteiger partial charge in [0.1, 0.15) is 23.7 Å². The van der Waals surface area contributed by atoms with E-state index >= 15 is 0 Å². The van der Waals surface area contributed by atoms with E-state index in [2.05, 4.69) is 0 Å². The number of hydrogen-bond donors (Lipinski definition) is 0. The number of methoxy groups -OCH3 is 1. The maximum Gasteiger partial charge on any atom is 0.348 e. The summed E-state index contributed by atoms with van der Waals surface area (Å²) in [4.78, 5) is 24.3. The highest BCUT2D eigenvalue weighted by Crippen LogP contribution is 2.27. The second-order valence-corrected chi connectivity index (χ2v) is 6.73. The Morgan fingerprint density at radius 2 is 1.72 bits per heavy atom. The first-order valence-electron chi connectivity index (χ1n) is 8.79. The number of hydrogen-bond acceptors (Lipinski definition) is 7. The number of cyclic esters (lactones) is 2. The molecule has 2 aromatic carbocycles. The van der Waals surface area contributed by atoms with Gasteiger partial charge in [-0.3, -0.25) is 0 Å². The van der Waals surface area contributed by atoms with E-state index in [-0.39, 0.29) is 12.2 Å². The summed E-state index contributed by atoms with van der Waals surface area (Å²) in [5.41, 5.74) is 1.66. The number of nitriles is 1. The molecule has 7 nitrogen and oxygen atoms in total. The second kappa shape index (κ2) is 8.07. The highest BCUT2D eigenvalue weighted by molar-refractivity contribution is 6.18. The quantitative estimate of drug-likeness (QED) is 0.437. The van der Waals surface area contributed by atoms with Gasteiger partial charge in [-0.1, -0.05) is 6.07 Å². The van der Waals surface area contributed by atoms with Gasteiger partial charge in [0.25, 0.3) is 5.79 Å². The van der Waals surface area contributed by atoms with E-state index in [1.807, 2.05) is 6.07 Å². The summed E-state index contributed by atoms with van der Waals surface area (Å²) in [5.74, 6) is -1.58. The second-order valence-electron chi connectivity index (χ2n) is 6.73. The van der Waals surface area contributed by atoms with Crippen LogP contribution in [0.3, 0.4) is 0 Å². The number of carbonyl (C=O) groups excluding carboxylic acids is 2. The molecule has 1 heterocycles. The van der Waals surface area contributed by atoms with Crippen molar-refractivity contribution in [3.63, 3.8) is 0 Å². The van der Waals surface area contributed by atoms with E-state index in [1.165, 1.54) is 27.0 Å². The van der Waals surface area contributed by atoms with Crippen LogP contribution in [-0.2, 0) is 25.7 Å². The van der Waals surface area contributed by atoms with Crippen LogP contribution in [0.1, 0.15) is 30.5 Å². The Bertz CT molecular complexity index is 993. The maximum atomic E-state index is 12.1. The Morgan fingerprint density at radius 3 is 2.31 bits per heavy atom. The topological polar surface area (TPSA) is 94.8 Å². The van der Waals surface area contributed by atoms with Gasteiger partial charge >= 0.3 is 11.9 Å². The molecule has 0 N–H and O–H groups in total. The normalized spacial score (nSPS) is 15.0. The third kappa shape index (κ3) is 4.74. The largest absolute Gasteiger partial charge is 0.496 e. The van der Waals surface area contributed by atoms with Gasteiger partial charge in [0.05, 0.1) is 18.7 Å². The molecular weight excluding hydrogens is 374 g/mol. The fraction of sp³-hybridized carbons (Fsp3) is 0.227. The van der Waals surface area contributed by atoms with Crippen LogP contribution in [0.15, 0.2) is 48.0 Å². The lowest BCUT2D eigenvalue weighted by Gasteiger charge is -2.29. The van der Waals surface area contributed by atoms with E-state index in [1.54, 1.807) is 42.5 Å². The van der Waals surface area contributed by atoms with E-state index in [0.29, 0.717) is 28.2 Å². The van der Waals surface area contributed by atoms with E-state index in [4.69, 9.17) is 24.2 Å². The molecule has 0 unspecified atom stereocenters. The highest BCUT2D eigenvalue weighted by atomic mass is 16.7. The highest BCUT2D eigenvalue weighted by Gasteiger charge is 2.38. The summed E-state index contributed by atoms with van der Waals surface area (Å²) < 4.78 is 21.3. The number of benzene rings is 2.